The molecule has 13 N–H and O–H groups in total. The van der Waals surface area contributed by atoms with Crippen LogP contribution in [0.25, 0.3) is 53.9 Å². The zero-order valence-corrected chi connectivity index (χ0v) is 61.8. The smallest absolute Gasteiger partial charge is 0.870 e. The van der Waals surface area contributed by atoms with Gasteiger partial charge < -0.3 is 42.1 Å². The van der Waals surface area contributed by atoms with Gasteiger partial charge in [0.1, 0.15) is 45.4 Å². The molecule has 13 rings (SSSR count). The first-order valence-corrected chi connectivity index (χ1v) is 35.3. The molecular formula is C72H77ClKN11O11S3+2. The summed E-state index contributed by atoms with van der Waals surface area (Å²) < 4.78 is 83.1. The largest absolute Gasteiger partial charge is 1.00 e. The van der Waals surface area contributed by atoms with Gasteiger partial charge in [-0.2, -0.15) is 21.1 Å². The van der Waals surface area contributed by atoms with Gasteiger partial charge >= 0.3 is 83.3 Å². The summed E-state index contributed by atoms with van der Waals surface area (Å²) in [6.45, 7) is 15.8. The van der Waals surface area contributed by atoms with Gasteiger partial charge in [0.05, 0.1) is 28.1 Å². The SMILES string of the molecule is CCN(CC)CC.Cc1ccc(S(=O)(=O)Cl)cc1.Cc1ccc(S(=O)(=O)O[n+]2ccc3ccccc3c2N)cc1.Cc1ccc(S(=O)(=O)Oc2cnc(N)c3ccccc23)cc1.Nc1c2ccccc2cc[n+]1O.Nc1ncc(O)c2ccccc12.Nc1nccc2ccccc12.[K+].[OH-]. The van der Waals surface area contributed by atoms with E-state index in [0.29, 0.717) is 34.0 Å². The Kier molecular flexibility index (Phi) is 30.5. The number of nitrogen functional groups attached to an aromatic ring is 5. The monoisotopic (exact) mass is 1440 g/mol. The summed E-state index contributed by atoms with van der Waals surface area (Å²) in [6, 6.07) is 62.2. The zero-order valence-electron chi connectivity index (χ0n) is 55.5. The van der Waals surface area contributed by atoms with Crippen LogP contribution in [0.5, 0.6) is 11.5 Å². The number of aromatic hydroxyl groups is 1. The van der Waals surface area contributed by atoms with E-state index < -0.39 is 29.3 Å². The van der Waals surface area contributed by atoms with E-state index in [1.807, 2.05) is 130 Å². The Hall–Kier alpha value is -9.29. The maximum absolute atomic E-state index is 12.4. The Labute approximate surface area is 623 Å². The molecule has 0 radical (unpaired) electrons. The molecule has 5 heterocycles. The molecular weight excluding hydrogens is 1370 g/mol. The van der Waals surface area contributed by atoms with Gasteiger partial charge in [0.15, 0.2) is 5.75 Å². The fourth-order valence-electron chi connectivity index (χ4n) is 9.21. The molecule has 22 nitrogen and oxygen atoms in total. The van der Waals surface area contributed by atoms with Crippen molar-refractivity contribution in [2.45, 2.75) is 56.2 Å². The summed E-state index contributed by atoms with van der Waals surface area (Å²) >= 11 is 0. The van der Waals surface area contributed by atoms with Crippen LogP contribution in [-0.2, 0) is 29.3 Å². The summed E-state index contributed by atoms with van der Waals surface area (Å²) in [7, 11) is -6.32. The van der Waals surface area contributed by atoms with Gasteiger partial charge in [-0.05, 0) is 128 Å². The van der Waals surface area contributed by atoms with Crippen molar-refractivity contribution in [1.82, 2.24) is 19.9 Å². The van der Waals surface area contributed by atoms with Crippen molar-refractivity contribution >= 4 is 123 Å². The van der Waals surface area contributed by atoms with Gasteiger partial charge in [0.2, 0.25) is 0 Å². The number of pyridine rings is 5. The third-order valence-electron chi connectivity index (χ3n) is 14.7. The Balaban J connectivity index is 0.000000214. The first kappa shape index (κ1) is 80.4. The van der Waals surface area contributed by atoms with Gasteiger partial charge in [-0.25, -0.2) is 23.4 Å². The molecule has 8 aromatic carbocycles. The van der Waals surface area contributed by atoms with Crippen LogP contribution in [0.15, 0.2) is 258 Å². The van der Waals surface area contributed by atoms with E-state index >= 15 is 0 Å². The predicted molar refractivity (Wildman–Crippen MR) is 388 cm³/mol. The molecule has 0 amide bonds. The van der Waals surface area contributed by atoms with Crippen molar-refractivity contribution in [1.29, 1.82) is 0 Å². The van der Waals surface area contributed by atoms with Crippen LogP contribution in [0.2, 0.25) is 0 Å². The second-order valence-corrected chi connectivity index (χ2v) is 27.0. The maximum Gasteiger partial charge on any atom is 1.00 e. The molecule has 0 saturated carbocycles. The van der Waals surface area contributed by atoms with Crippen molar-refractivity contribution in [3.63, 3.8) is 0 Å². The fourth-order valence-corrected chi connectivity index (χ4v) is 11.8. The van der Waals surface area contributed by atoms with E-state index in [1.165, 1.54) is 80.8 Å². The summed E-state index contributed by atoms with van der Waals surface area (Å²) in [5, 5.41) is 27.1. The van der Waals surface area contributed by atoms with Crippen LogP contribution in [-0.4, -0.2) is 80.5 Å². The van der Waals surface area contributed by atoms with Crippen molar-refractivity contribution in [3.05, 3.63) is 260 Å². The van der Waals surface area contributed by atoms with E-state index in [0.717, 1.165) is 69.2 Å². The molecule has 0 spiro atoms. The first-order valence-electron chi connectivity index (χ1n) is 30.1. The minimum atomic E-state index is -3.94. The molecule has 0 aliphatic heterocycles. The van der Waals surface area contributed by atoms with Crippen molar-refractivity contribution in [3.8, 4) is 11.5 Å². The van der Waals surface area contributed by atoms with Crippen LogP contribution in [0.3, 0.4) is 0 Å². The normalized spacial score (nSPS) is 10.7. The fraction of sp³-hybridized carbons (Fsp3) is 0.125. The van der Waals surface area contributed by atoms with Gasteiger partial charge in [-0.3, -0.25) is 11.5 Å². The van der Waals surface area contributed by atoms with Crippen molar-refractivity contribution in [2.24, 2.45) is 0 Å². The molecule has 510 valence electrons. The Bertz CT molecular complexity index is 5100. The predicted octanol–water partition coefficient (Wildman–Crippen LogP) is 9.11. The molecule has 27 heteroatoms. The number of hydrogen-bond donors (Lipinski definition) is 7. The molecule has 13 aromatic rings. The molecule has 0 atom stereocenters. The second kappa shape index (κ2) is 37.6. The second-order valence-electron chi connectivity index (χ2n) is 21.4. The van der Waals surface area contributed by atoms with Crippen LogP contribution in [0.1, 0.15) is 37.5 Å². The van der Waals surface area contributed by atoms with E-state index in [9.17, 15) is 35.6 Å². The molecule has 0 aliphatic carbocycles. The molecule has 0 saturated heterocycles. The number of benzene rings is 8. The average Bonchev–Trinajstić information content (AvgIpc) is 0.884. The summed E-state index contributed by atoms with van der Waals surface area (Å²) in [6.07, 6.45) is 7.42. The summed E-state index contributed by atoms with van der Waals surface area (Å²) in [4.78, 5) is 14.5. The molecule has 99 heavy (non-hydrogen) atoms. The zero-order chi connectivity index (χ0) is 70.5. The quantitative estimate of drug-likeness (QED) is 0.0220. The van der Waals surface area contributed by atoms with Crippen molar-refractivity contribution in [2.75, 3.05) is 48.3 Å². The first-order chi connectivity index (χ1) is 46.2. The van der Waals surface area contributed by atoms with E-state index in [1.54, 1.807) is 72.9 Å². The van der Waals surface area contributed by atoms with Crippen LogP contribution in [0, 0.1) is 20.8 Å². The van der Waals surface area contributed by atoms with Gasteiger partial charge in [-0.15, -0.1) is 0 Å². The summed E-state index contributed by atoms with van der Waals surface area (Å²) in [5.41, 5.74) is 31.6. The third kappa shape index (κ3) is 22.6. The number of aryl methyl sites for hydroxylation is 3. The molecule has 0 unspecified atom stereocenters. The number of hydrogen-bond acceptors (Lipinski definition) is 20. The number of rotatable bonds is 10. The third-order valence-corrected chi connectivity index (χ3v) is 18.5. The number of nitrogens with zero attached hydrogens (tertiary/aromatic N) is 6. The number of aromatic nitrogens is 5. The van der Waals surface area contributed by atoms with Crippen molar-refractivity contribution < 1.29 is 110 Å². The summed E-state index contributed by atoms with van der Waals surface area (Å²) in [5.74, 6) is 2.30. The number of halogens is 1. The van der Waals surface area contributed by atoms with E-state index in [2.05, 4.69) is 40.6 Å². The number of fused-ring (bicyclic) bond motifs is 5. The van der Waals surface area contributed by atoms with Crippen LogP contribution < -0.4 is 98.0 Å². The Morgan fingerprint density at radius 1 is 0.444 bits per heavy atom. The topological polar surface area (TPSA) is 371 Å². The number of anilines is 5. The maximum atomic E-state index is 12.4. The molecule has 5 aromatic heterocycles. The van der Waals surface area contributed by atoms with Crippen LogP contribution >= 0.6 is 10.7 Å². The Morgan fingerprint density at radius 3 is 1.27 bits per heavy atom. The van der Waals surface area contributed by atoms with Gasteiger partial charge in [0, 0.05) is 43.8 Å². The minimum absolute atomic E-state index is 0. The average molecular weight is 1440 g/mol. The standard InChI is InChI=1S/2C16H14N2O3S.2C9H8N2O.C9H8N2.C7H7ClO2S.C6H15N.K.H2O/c1-12-6-8-14(9-7-12)22(19,20)21-18-11-10-13-4-2-3-5-15(13)16(18)17;1-11-6-8-12(9-7-11)22(19,20)21-15-10-18-16(17)14-5-3-2-4-13(14)15;10-9-8-4-2-1-3-7(8)5-6-11(9)12;10-9-7-4-2-1-3-6(7)8(12)5-11-9;10-9-8-4-2-1-3-7(8)5-6-11-9;1-6-2-4-7(5-3-6)11(8,9)10;1-4-7(5-2)6-3;;/h2-11,17H,1H3;2-10H,1H3,(H2,17,18);1-6,10,12H;1-5,12H,(H2,10,11);1-6H,(H2,10,11);2-5H,1H3;4-6H2,1-3H3;;1H2/q;;;;;;;+1;/p+1. The van der Waals surface area contributed by atoms with E-state index in [-0.39, 0.29) is 88.9 Å². The molecule has 0 fully saturated rings. The number of nitrogens with two attached hydrogens (primary N) is 5. The van der Waals surface area contributed by atoms with Crippen LogP contribution in [0.4, 0.5) is 29.1 Å². The van der Waals surface area contributed by atoms with Gasteiger partial charge in [-0.1, -0.05) is 188 Å². The molecule has 0 aliphatic rings. The molecule has 0 bridgehead atoms. The minimum Gasteiger partial charge on any atom is -0.870 e. The Morgan fingerprint density at radius 2 is 0.818 bits per heavy atom. The van der Waals surface area contributed by atoms with E-state index in [4.69, 9.17) is 47.8 Å². The van der Waals surface area contributed by atoms with Gasteiger partial charge in [0.25, 0.3) is 9.05 Å².